The average Bonchev–Trinajstić information content (AvgIpc) is 2.08. The zero-order chi connectivity index (χ0) is 10.9. The Balaban J connectivity index is 3.53. The maximum Gasteiger partial charge on any atom is 0.285 e. The summed E-state index contributed by atoms with van der Waals surface area (Å²) in [6.07, 6.45) is 0. The molecule has 0 heterocycles. The highest BCUT2D eigenvalue weighted by Crippen LogP contribution is 2.25. The van der Waals surface area contributed by atoms with Crippen LogP contribution >= 0.6 is 0 Å². The van der Waals surface area contributed by atoms with Crippen molar-refractivity contribution in [1.82, 2.24) is 0 Å². The third kappa shape index (κ3) is 1.61. The molecule has 0 atom stereocenters. The number of halogens is 1. The maximum absolute atomic E-state index is 13.0. The van der Waals surface area contributed by atoms with Crippen LogP contribution in [0.25, 0.3) is 0 Å². The van der Waals surface area contributed by atoms with Gasteiger partial charge in [-0.25, -0.2) is 4.39 Å². The van der Waals surface area contributed by atoms with Crippen molar-refractivity contribution in [3.8, 4) is 0 Å². The molecular weight excluding hydrogens is 189 g/mol. The van der Waals surface area contributed by atoms with Gasteiger partial charge in [-0.1, -0.05) is 0 Å². The largest absolute Gasteiger partial charge is 0.294 e. The molecule has 0 aliphatic rings. The van der Waals surface area contributed by atoms with Crippen LogP contribution in [0.1, 0.15) is 22.8 Å². The first-order valence-electron chi connectivity index (χ1n) is 3.89. The van der Waals surface area contributed by atoms with E-state index < -0.39 is 22.2 Å². The van der Waals surface area contributed by atoms with Gasteiger partial charge in [-0.2, -0.15) is 0 Å². The van der Waals surface area contributed by atoms with Crippen molar-refractivity contribution in [2.75, 3.05) is 0 Å². The lowest BCUT2D eigenvalue weighted by molar-refractivity contribution is -0.385. The second kappa shape index (κ2) is 3.53. The fourth-order valence-corrected chi connectivity index (χ4v) is 1.19. The van der Waals surface area contributed by atoms with Crippen LogP contribution in [0.2, 0.25) is 0 Å². The van der Waals surface area contributed by atoms with E-state index in [4.69, 9.17) is 0 Å². The predicted octanol–water partition coefficient (Wildman–Crippen LogP) is 2.24. The van der Waals surface area contributed by atoms with Gasteiger partial charge in [0.1, 0.15) is 5.82 Å². The molecule has 0 radical (unpaired) electrons. The number of carbonyl (C=O) groups excluding carboxylic acids is 1. The Morgan fingerprint density at radius 1 is 1.50 bits per heavy atom. The van der Waals surface area contributed by atoms with Crippen molar-refractivity contribution in [1.29, 1.82) is 0 Å². The minimum Gasteiger partial charge on any atom is -0.294 e. The van der Waals surface area contributed by atoms with Crippen LogP contribution in [0.5, 0.6) is 0 Å². The van der Waals surface area contributed by atoms with E-state index >= 15 is 0 Å². The number of benzene rings is 1. The molecule has 0 aliphatic carbocycles. The average molecular weight is 197 g/mol. The van der Waals surface area contributed by atoms with Gasteiger partial charge in [0, 0.05) is 0 Å². The van der Waals surface area contributed by atoms with Crippen LogP contribution in [0, 0.1) is 22.9 Å². The van der Waals surface area contributed by atoms with Crippen molar-refractivity contribution in [2.24, 2.45) is 0 Å². The van der Waals surface area contributed by atoms with E-state index in [0.29, 0.717) is 0 Å². The van der Waals surface area contributed by atoms with Gasteiger partial charge >= 0.3 is 0 Å². The molecule has 0 bridgehead atoms. The third-order valence-corrected chi connectivity index (χ3v) is 1.93. The smallest absolute Gasteiger partial charge is 0.285 e. The van der Waals surface area contributed by atoms with Gasteiger partial charge in [0.05, 0.1) is 16.1 Å². The zero-order valence-electron chi connectivity index (χ0n) is 7.70. The van der Waals surface area contributed by atoms with E-state index in [1.165, 1.54) is 13.8 Å². The summed E-state index contributed by atoms with van der Waals surface area (Å²) >= 11 is 0. The first-order valence-corrected chi connectivity index (χ1v) is 3.89. The first-order chi connectivity index (χ1) is 6.45. The van der Waals surface area contributed by atoms with Crippen molar-refractivity contribution < 1.29 is 14.1 Å². The van der Waals surface area contributed by atoms with Crippen LogP contribution in [0.3, 0.4) is 0 Å². The molecule has 4 nitrogen and oxygen atoms in total. The van der Waals surface area contributed by atoms with Crippen LogP contribution in [-0.4, -0.2) is 10.7 Å². The molecule has 1 rings (SSSR count). The number of nitro groups is 1. The molecule has 1 aromatic rings. The molecule has 14 heavy (non-hydrogen) atoms. The predicted molar refractivity (Wildman–Crippen MR) is 47.8 cm³/mol. The van der Waals surface area contributed by atoms with Crippen LogP contribution in [-0.2, 0) is 0 Å². The highest BCUT2D eigenvalue weighted by Gasteiger charge is 2.22. The van der Waals surface area contributed by atoms with Crippen molar-refractivity contribution in [3.05, 3.63) is 39.2 Å². The summed E-state index contributed by atoms with van der Waals surface area (Å²) < 4.78 is 13.0. The Bertz CT molecular complexity index is 415. The quantitative estimate of drug-likeness (QED) is 0.415. The number of ketones is 1. The van der Waals surface area contributed by atoms with Crippen molar-refractivity contribution >= 4 is 11.5 Å². The van der Waals surface area contributed by atoms with E-state index in [9.17, 15) is 19.3 Å². The monoisotopic (exact) mass is 197 g/mol. The number of hydrogen-bond donors (Lipinski definition) is 0. The van der Waals surface area contributed by atoms with Gasteiger partial charge in [0.15, 0.2) is 5.78 Å². The molecule has 0 unspecified atom stereocenters. The van der Waals surface area contributed by atoms with Gasteiger partial charge in [-0.15, -0.1) is 0 Å². The highest BCUT2D eigenvalue weighted by atomic mass is 19.1. The fourth-order valence-electron chi connectivity index (χ4n) is 1.19. The Morgan fingerprint density at radius 2 is 2.07 bits per heavy atom. The number of carbonyl (C=O) groups is 1. The summed E-state index contributed by atoms with van der Waals surface area (Å²) in [4.78, 5) is 20.9. The molecule has 0 fully saturated rings. The molecule has 0 saturated heterocycles. The summed E-state index contributed by atoms with van der Waals surface area (Å²) in [5, 5.41) is 10.6. The van der Waals surface area contributed by atoms with Crippen LogP contribution in [0.4, 0.5) is 10.1 Å². The standard InChI is InChI=1S/C9H8FNO3/c1-5-8(10)4-3-7(6(2)12)9(5)11(13)14/h3-4H,1-2H3. The van der Waals surface area contributed by atoms with Crippen LogP contribution in [0.15, 0.2) is 12.1 Å². The normalized spacial score (nSPS) is 9.93. The van der Waals surface area contributed by atoms with Gasteiger partial charge in [-0.3, -0.25) is 14.9 Å². The molecule has 0 amide bonds. The number of nitro benzene ring substituents is 1. The van der Waals surface area contributed by atoms with E-state index in [-0.39, 0.29) is 11.1 Å². The molecule has 74 valence electrons. The lowest BCUT2D eigenvalue weighted by atomic mass is 10.1. The molecule has 1 aromatic carbocycles. The Kier molecular flexibility index (Phi) is 2.60. The number of hydrogen-bond acceptors (Lipinski definition) is 3. The van der Waals surface area contributed by atoms with E-state index in [0.717, 1.165) is 12.1 Å². The van der Waals surface area contributed by atoms with Crippen LogP contribution < -0.4 is 0 Å². The van der Waals surface area contributed by atoms with Gasteiger partial charge < -0.3 is 0 Å². The van der Waals surface area contributed by atoms with Crippen molar-refractivity contribution in [3.63, 3.8) is 0 Å². The molecule has 0 spiro atoms. The fraction of sp³-hybridized carbons (Fsp3) is 0.222. The molecule has 0 saturated carbocycles. The second-order valence-corrected chi connectivity index (χ2v) is 2.88. The summed E-state index contributed by atoms with van der Waals surface area (Å²) in [7, 11) is 0. The molecule has 0 aromatic heterocycles. The molecule has 0 aliphatic heterocycles. The minimum absolute atomic E-state index is 0.0612. The summed E-state index contributed by atoms with van der Waals surface area (Å²) in [5.41, 5.74) is -0.617. The molecular formula is C9H8FNO3. The first kappa shape index (κ1) is 10.3. The van der Waals surface area contributed by atoms with Gasteiger partial charge in [0.2, 0.25) is 0 Å². The Morgan fingerprint density at radius 3 is 2.50 bits per heavy atom. The Labute approximate surface area is 79.5 Å². The second-order valence-electron chi connectivity index (χ2n) is 2.88. The minimum atomic E-state index is -0.741. The lowest BCUT2D eigenvalue weighted by Gasteiger charge is -2.02. The summed E-state index contributed by atoms with van der Waals surface area (Å²) in [6.45, 7) is 2.49. The van der Waals surface area contributed by atoms with Gasteiger partial charge in [0.25, 0.3) is 5.69 Å². The number of rotatable bonds is 2. The van der Waals surface area contributed by atoms with Gasteiger partial charge in [-0.05, 0) is 26.0 Å². The molecule has 5 heteroatoms. The summed E-state index contributed by atoms with van der Waals surface area (Å²) in [6, 6.07) is 2.18. The maximum atomic E-state index is 13.0. The molecule has 0 N–H and O–H groups in total. The van der Waals surface area contributed by atoms with E-state index in [2.05, 4.69) is 0 Å². The zero-order valence-corrected chi connectivity index (χ0v) is 7.70. The Hall–Kier alpha value is -1.78. The topological polar surface area (TPSA) is 60.2 Å². The van der Waals surface area contributed by atoms with E-state index in [1.807, 2.05) is 0 Å². The number of Topliss-reactive ketones (excluding diaryl/α,β-unsaturated/α-hetero) is 1. The number of nitrogens with zero attached hydrogens (tertiary/aromatic N) is 1. The van der Waals surface area contributed by atoms with Crippen molar-refractivity contribution in [2.45, 2.75) is 13.8 Å². The SMILES string of the molecule is CC(=O)c1ccc(F)c(C)c1[N+](=O)[O-]. The lowest BCUT2D eigenvalue weighted by Crippen LogP contribution is -2.03. The summed E-state index contributed by atoms with van der Waals surface area (Å²) in [5.74, 6) is -1.12. The highest BCUT2D eigenvalue weighted by molar-refractivity contribution is 5.98. The third-order valence-electron chi connectivity index (χ3n) is 1.93. The van der Waals surface area contributed by atoms with E-state index in [1.54, 1.807) is 0 Å².